The van der Waals surface area contributed by atoms with Gasteiger partial charge in [0.1, 0.15) is 12.1 Å². The van der Waals surface area contributed by atoms with Crippen molar-refractivity contribution < 1.29 is 34.1 Å². The summed E-state index contributed by atoms with van der Waals surface area (Å²) in [6, 6.07) is -1.38. The molecule has 0 bridgehead atoms. The first-order valence-corrected chi connectivity index (χ1v) is 19.4. The first-order chi connectivity index (χ1) is 22.8. The summed E-state index contributed by atoms with van der Waals surface area (Å²) < 4.78 is 5.93. The molecule has 0 spiro atoms. The SMILES string of the molecule is CCCCCCCCCCCCCCCCCC(=O)OC(CCCCCCC)CCCCCCC(=O)NCC(=O)NC(CO)C(=O)O. The zero-order valence-corrected chi connectivity index (χ0v) is 30.3. The standard InChI is InChI=1S/C38H72N2O7/c1-3-5-7-9-10-11-12-13-14-15-16-17-18-20-26-30-37(44)47-33(27-23-19-8-6-4-2)28-24-21-22-25-29-35(42)39-31-36(43)40-34(32-41)38(45)46/h33-34,41H,3-32H2,1-2H3,(H,39,42)(H,40,43)(H,45,46). The number of carbonyl (C=O) groups is 4. The zero-order chi connectivity index (χ0) is 34.8. The number of ether oxygens (including phenoxy) is 1. The van der Waals surface area contributed by atoms with Crippen LogP contribution in [0.15, 0.2) is 0 Å². The molecule has 276 valence electrons. The summed E-state index contributed by atoms with van der Waals surface area (Å²) >= 11 is 0. The van der Waals surface area contributed by atoms with Crippen molar-refractivity contribution in [1.82, 2.24) is 10.6 Å². The highest BCUT2D eigenvalue weighted by Crippen LogP contribution is 2.18. The van der Waals surface area contributed by atoms with Gasteiger partial charge < -0.3 is 25.6 Å². The second-order valence-corrected chi connectivity index (χ2v) is 13.4. The Balaban J connectivity index is 4.05. The highest BCUT2D eigenvalue weighted by atomic mass is 16.5. The van der Waals surface area contributed by atoms with Gasteiger partial charge in [0.25, 0.3) is 0 Å². The quantitative estimate of drug-likeness (QED) is 0.0392. The lowest BCUT2D eigenvalue weighted by Gasteiger charge is -2.18. The fourth-order valence-corrected chi connectivity index (χ4v) is 5.83. The van der Waals surface area contributed by atoms with Crippen molar-refractivity contribution in [3.8, 4) is 0 Å². The number of aliphatic hydroxyl groups excluding tert-OH is 1. The Hall–Kier alpha value is -2.16. The molecule has 9 heteroatoms. The molecule has 0 aliphatic rings. The third-order valence-corrected chi connectivity index (χ3v) is 8.85. The molecule has 0 saturated heterocycles. The summed E-state index contributed by atoms with van der Waals surface area (Å²) in [5, 5.41) is 22.5. The molecule has 0 aromatic heterocycles. The Morgan fingerprint density at radius 2 is 0.957 bits per heavy atom. The summed E-state index contributed by atoms with van der Waals surface area (Å²) in [6.45, 7) is 3.43. The van der Waals surface area contributed by atoms with E-state index in [0.717, 1.165) is 51.4 Å². The molecule has 0 aliphatic heterocycles. The number of carboxylic acids is 1. The predicted molar refractivity (Wildman–Crippen MR) is 190 cm³/mol. The van der Waals surface area contributed by atoms with Crippen LogP contribution in [0.4, 0.5) is 0 Å². The maximum Gasteiger partial charge on any atom is 0.328 e. The molecule has 47 heavy (non-hydrogen) atoms. The molecule has 2 atom stereocenters. The fraction of sp³-hybridized carbons (Fsp3) is 0.895. The molecule has 2 unspecified atom stereocenters. The summed E-state index contributed by atoms with van der Waals surface area (Å²) in [4.78, 5) is 47.3. The van der Waals surface area contributed by atoms with Gasteiger partial charge in [-0.25, -0.2) is 4.79 Å². The zero-order valence-electron chi connectivity index (χ0n) is 30.3. The summed E-state index contributed by atoms with van der Waals surface area (Å²) in [7, 11) is 0. The van der Waals surface area contributed by atoms with Crippen molar-refractivity contribution in [2.75, 3.05) is 13.2 Å². The number of carbonyl (C=O) groups excluding carboxylic acids is 3. The number of rotatable bonds is 35. The molecule has 0 heterocycles. The lowest BCUT2D eigenvalue weighted by Crippen LogP contribution is -2.47. The van der Waals surface area contributed by atoms with Crippen LogP contribution in [-0.4, -0.2) is 59.3 Å². The van der Waals surface area contributed by atoms with E-state index in [-0.39, 0.29) is 30.9 Å². The smallest absolute Gasteiger partial charge is 0.328 e. The Bertz CT molecular complexity index is 777. The number of aliphatic carboxylic acids is 1. The largest absolute Gasteiger partial charge is 0.480 e. The van der Waals surface area contributed by atoms with Gasteiger partial charge in [0.05, 0.1) is 13.2 Å². The van der Waals surface area contributed by atoms with Gasteiger partial charge in [-0.1, -0.05) is 142 Å². The average Bonchev–Trinajstić information content (AvgIpc) is 3.05. The van der Waals surface area contributed by atoms with Crippen molar-refractivity contribution in [3.63, 3.8) is 0 Å². The van der Waals surface area contributed by atoms with Gasteiger partial charge in [-0.15, -0.1) is 0 Å². The van der Waals surface area contributed by atoms with E-state index in [1.165, 1.54) is 109 Å². The molecule has 9 nitrogen and oxygen atoms in total. The number of hydrogen-bond donors (Lipinski definition) is 4. The molecule has 0 rings (SSSR count). The predicted octanol–water partition coefficient (Wildman–Crippen LogP) is 8.54. The molecule has 2 amide bonds. The van der Waals surface area contributed by atoms with Gasteiger partial charge >= 0.3 is 11.9 Å². The average molecular weight is 669 g/mol. The summed E-state index contributed by atoms with van der Waals surface area (Å²) in [5.41, 5.74) is 0. The van der Waals surface area contributed by atoms with E-state index in [1.807, 2.05) is 0 Å². The Labute approximate surface area is 287 Å². The van der Waals surface area contributed by atoms with Crippen LogP contribution < -0.4 is 10.6 Å². The van der Waals surface area contributed by atoms with E-state index in [4.69, 9.17) is 14.9 Å². The molecule has 0 aromatic rings. The molecule has 0 aliphatic carbocycles. The van der Waals surface area contributed by atoms with Crippen LogP contribution in [0.25, 0.3) is 0 Å². The molecular weight excluding hydrogens is 596 g/mol. The minimum Gasteiger partial charge on any atom is -0.480 e. The van der Waals surface area contributed by atoms with Crippen molar-refractivity contribution in [2.45, 2.75) is 206 Å². The van der Waals surface area contributed by atoms with Crippen LogP contribution in [0, 0.1) is 0 Å². The van der Waals surface area contributed by atoms with Crippen LogP contribution >= 0.6 is 0 Å². The third kappa shape index (κ3) is 30.9. The molecule has 4 N–H and O–H groups in total. The third-order valence-electron chi connectivity index (χ3n) is 8.85. The van der Waals surface area contributed by atoms with Gasteiger partial charge in [-0.2, -0.15) is 0 Å². The van der Waals surface area contributed by atoms with Crippen molar-refractivity contribution in [3.05, 3.63) is 0 Å². The van der Waals surface area contributed by atoms with Crippen LogP contribution in [-0.2, 0) is 23.9 Å². The van der Waals surface area contributed by atoms with Crippen molar-refractivity contribution in [1.29, 1.82) is 0 Å². The van der Waals surface area contributed by atoms with Crippen LogP contribution in [0.2, 0.25) is 0 Å². The number of amides is 2. The first-order valence-electron chi connectivity index (χ1n) is 19.4. The van der Waals surface area contributed by atoms with E-state index in [9.17, 15) is 19.2 Å². The van der Waals surface area contributed by atoms with E-state index < -0.39 is 24.5 Å². The number of hydrogen-bond acceptors (Lipinski definition) is 6. The number of aliphatic hydroxyl groups is 1. The molecule has 0 saturated carbocycles. The Morgan fingerprint density at radius 3 is 1.38 bits per heavy atom. The van der Waals surface area contributed by atoms with Crippen molar-refractivity contribution in [2.24, 2.45) is 0 Å². The van der Waals surface area contributed by atoms with Crippen LogP contribution in [0.5, 0.6) is 0 Å². The Kier molecular flexibility index (Phi) is 32.2. The van der Waals surface area contributed by atoms with Gasteiger partial charge in [0.15, 0.2) is 0 Å². The molecule has 0 radical (unpaired) electrons. The second kappa shape index (κ2) is 33.7. The molecule has 0 fully saturated rings. The van der Waals surface area contributed by atoms with E-state index in [0.29, 0.717) is 12.8 Å². The highest BCUT2D eigenvalue weighted by molar-refractivity contribution is 5.87. The number of nitrogens with one attached hydrogen (secondary N) is 2. The number of esters is 1. The van der Waals surface area contributed by atoms with Gasteiger partial charge in [0, 0.05) is 12.8 Å². The normalized spacial score (nSPS) is 12.4. The van der Waals surface area contributed by atoms with E-state index in [2.05, 4.69) is 24.5 Å². The van der Waals surface area contributed by atoms with E-state index >= 15 is 0 Å². The minimum absolute atomic E-state index is 0.0316. The van der Waals surface area contributed by atoms with Gasteiger partial charge in [0.2, 0.25) is 11.8 Å². The summed E-state index contributed by atoms with van der Waals surface area (Å²) in [6.07, 6.45) is 31.4. The first kappa shape index (κ1) is 44.8. The maximum absolute atomic E-state index is 12.6. The lowest BCUT2D eigenvalue weighted by atomic mass is 10.0. The minimum atomic E-state index is -1.38. The number of unbranched alkanes of at least 4 members (excludes halogenated alkanes) is 21. The molecular formula is C38H72N2O7. The van der Waals surface area contributed by atoms with Gasteiger partial charge in [-0.3, -0.25) is 14.4 Å². The van der Waals surface area contributed by atoms with Crippen LogP contribution in [0.1, 0.15) is 194 Å². The highest BCUT2D eigenvalue weighted by Gasteiger charge is 2.19. The Morgan fingerprint density at radius 1 is 0.553 bits per heavy atom. The monoisotopic (exact) mass is 669 g/mol. The van der Waals surface area contributed by atoms with Gasteiger partial charge in [-0.05, 0) is 38.5 Å². The topological polar surface area (TPSA) is 142 Å². The van der Waals surface area contributed by atoms with E-state index in [1.54, 1.807) is 0 Å². The molecule has 0 aromatic carbocycles. The number of carboxylic acid groups (broad SMARTS) is 1. The summed E-state index contributed by atoms with van der Waals surface area (Å²) in [5.74, 6) is -2.32. The second-order valence-electron chi connectivity index (χ2n) is 13.4. The fourth-order valence-electron chi connectivity index (χ4n) is 5.83. The maximum atomic E-state index is 12.6. The lowest BCUT2D eigenvalue weighted by molar-refractivity contribution is -0.150. The van der Waals surface area contributed by atoms with Crippen LogP contribution in [0.3, 0.4) is 0 Å². The van der Waals surface area contributed by atoms with Crippen molar-refractivity contribution >= 4 is 23.8 Å².